The average molecular weight is 233 g/mol. The summed E-state index contributed by atoms with van der Waals surface area (Å²) in [4.78, 5) is 20.7. The second kappa shape index (κ2) is 3.06. The topological polar surface area (TPSA) is 55.7 Å². The third kappa shape index (κ3) is 1.37. The molecule has 1 aliphatic rings. The minimum absolute atomic E-state index is 0.120. The predicted octanol–water partition coefficient (Wildman–Crippen LogP) is 1.11. The highest BCUT2D eigenvalue weighted by Gasteiger charge is 2.62. The van der Waals surface area contributed by atoms with E-state index in [0.29, 0.717) is 0 Å². The lowest BCUT2D eigenvalue weighted by Crippen LogP contribution is -2.35. The Kier molecular flexibility index (Phi) is 2.04. The summed E-state index contributed by atoms with van der Waals surface area (Å²) in [7, 11) is 0. The average Bonchev–Trinajstić information content (AvgIpc) is 2.40. The van der Waals surface area contributed by atoms with E-state index >= 15 is 0 Å². The fourth-order valence-electron chi connectivity index (χ4n) is 1.25. The van der Waals surface area contributed by atoms with Crippen molar-refractivity contribution >= 4 is 11.4 Å². The Balaban J connectivity index is 2.55. The van der Waals surface area contributed by atoms with E-state index in [-0.39, 0.29) is 6.08 Å². The highest BCUT2D eigenvalue weighted by atomic mass is 19.3. The van der Waals surface area contributed by atoms with E-state index < -0.39 is 29.0 Å². The zero-order chi connectivity index (χ0) is 12.0. The lowest BCUT2D eigenvalue weighted by molar-refractivity contribution is -0.152. The van der Waals surface area contributed by atoms with Gasteiger partial charge in [0.2, 0.25) is 0 Å². The van der Waals surface area contributed by atoms with Gasteiger partial charge in [-0.2, -0.15) is 17.6 Å². The molecule has 0 aliphatic heterocycles. The van der Waals surface area contributed by atoms with E-state index in [9.17, 15) is 22.4 Å². The number of hydrogen-bond acceptors (Lipinski definition) is 4. The maximum absolute atomic E-state index is 13.2. The zero-order valence-corrected chi connectivity index (χ0v) is 7.49. The van der Waals surface area contributed by atoms with Crippen LogP contribution in [0.5, 0.6) is 0 Å². The van der Waals surface area contributed by atoms with Gasteiger partial charge in [0, 0.05) is 6.08 Å². The molecule has 8 heteroatoms. The number of ketones is 1. The van der Waals surface area contributed by atoms with Crippen LogP contribution in [0.15, 0.2) is 18.7 Å². The molecule has 0 unspecified atom stereocenters. The Morgan fingerprint density at radius 3 is 2.06 bits per heavy atom. The summed E-state index contributed by atoms with van der Waals surface area (Å²) in [5.41, 5.74) is -1.19. The molecule has 2 rings (SSSR count). The molecule has 1 heterocycles. The van der Waals surface area contributed by atoms with Gasteiger partial charge in [-0.25, -0.2) is 15.0 Å². The van der Waals surface area contributed by atoms with Crippen LogP contribution in [-0.2, 0) is 4.79 Å². The van der Waals surface area contributed by atoms with Crippen molar-refractivity contribution in [2.75, 3.05) is 0 Å². The minimum atomic E-state index is -4.27. The van der Waals surface area contributed by atoms with E-state index in [1.165, 1.54) is 0 Å². The van der Waals surface area contributed by atoms with Crippen LogP contribution < -0.4 is 0 Å². The van der Waals surface area contributed by atoms with Crippen LogP contribution in [0.4, 0.5) is 17.6 Å². The fraction of sp³-hybridized carbons (Fsp3) is 0.250. The molecular formula is C8H3F4N3O. The Bertz CT molecular complexity index is 471. The third-order valence-corrected chi connectivity index (χ3v) is 1.99. The number of allylic oxidation sites excluding steroid dienone is 2. The molecule has 0 bridgehead atoms. The first kappa shape index (κ1) is 10.7. The number of rotatable bonds is 1. The Labute approximate surface area is 86.0 Å². The maximum atomic E-state index is 13.2. The number of hydrogen-bond donors (Lipinski definition) is 0. The Morgan fingerprint density at radius 2 is 1.62 bits per heavy atom. The van der Waals surface area contributed by atoms with Crippen molar-refractivity contribution in [2.24, 2.45) is 0 Å². The molecular weight excluding hydrogens is 230 g/mol. The first-order valence-corrected chi connectivity index (χ1v) is 4.02. The maximum Gasteiger partial charge on any atom is 0.340 e. The number of aromatic nitrogens is 3. The van der Waals surface area contributed by atoms with Crippen LogP contribution in [0, 0.1) is 0 Å². The van der Waals surface area contributed by atoms with E-state index in [1.54, 1.807) is 0 Å². The summed E-state index contributed by atoms with van der Waals surface area (Å²) >= 11 is 0. The van der Waals surface area contributed by atoms with Crippen molar-refractivity contribution in [1.82, 2.24) is 15.0 Å². The van der Waals surface area contributed by atoms with Gasteiger partial charge in [0.15, 0.2) is 5.82 Å². The molecule has 0 fully saturated rings. The van der Waals surface area contributed by atoms with Crippen LogP contribution in [-0.4, -0.2) is 32.6 Å². The first-order valence-electron chi connectivity index (χ1n) is 4.02. The minimum Gasteiger partial charge on any atom is -0.285 e. The molecule has 0 spiro atoms. The third-order valence-electron chi connectivity index (χ3n) is 1.99. The highest BCUT2D eigenvalue weighted by molar-refractivity contribution is 6.09. The van der Waals surface area contributed by atoms with Gasteiger partial charge in [-0.15, -0.1) is 0 Å². The number of carbonyl (C=O) groups is 1. The van der Waals surface area contributed by atoms with Crippen molar-refractivity contribution in [3.05, 3.63) is 24.6 Å². The van der Waals surface area contributed by atoms with Gasteiger partial charge in [0.25, 0.3) is 5.78 Å². The van der Waals surface area contributed by atoms with Crippen molar-refractivity contribution < 1.29 is 22.4 Å². The number of nitrogens with zero attached hydrogens (tertiary/aromatic N) is 3. The van der Waals surface area contributed by atoms with E-state index in [1.807, 2.05) is 0 Å². The van der Waals surface area contributed by atoms with E-state index in [4.69, 9.17) is 0 Å². The van der Waals surface area contributed by atoms with Crippen LogP contribution >= 0.6 is 0 Å². The number of alkyl halides is 4. The normalized spacial score (nSPS) is 22.0. The molecule has 0 aromatic carbocycles. The molecule has 1 aromatic heterocycles. The predicted molar refractivity (Wildman–Crippen MR) is 42.7 cm³/mol. The molecule has 0 amide bonds. The molecule has 0 N–H and O–H groups in total. The van der Waals surface area contributed by atoms with Gasteiger partial charge >= 0.3 is 11.8 Å². The van der Waals surface area contributed by atoms with Gasteiger partial charge in [0.1, 0.15) is 12.7 Å². The number of Topliss-reactive ketones (excluding diaryl/α,β-unsaturated/α-hetero) is 1. The molecule has 16 heavy (non-hydrogen) atoms. The molecule has 1 aliphatic carbocycles. The highest BCUT2D eigenvalue weighted by Crippen LogP contribution is 2.44. The van der Waals surface area contributed by atoms with Gasteiger partial charge in [-0.05, 0) is 0 Å². The van der Waals surface area contributed by atoms with Gasteiger partial charge in [0.05, 0.1) is 5.57 Å². The van der Waals surface area contributed by atoms with Crippen molar-refractivity contribution in [2.45, 2.75) is 11.8 Å². The largest absolute Gasteiger partial charge is 0.340 e. The van der Waals surface area contributed by atoms with Crippen LogP contribution in [0.2, 0.25) is 0 Å². The van der Waals surface area contributed by atoms with Crippen LogP contribution in [0.3, 0.4) is 0 Å². The molecule has 0 saturated carbocycles. The summed E-state index contributed by atoms with van der Waals surface area (Å²) in [5, 5.41) is 0. The Morgan fingerprint density at radius 1 is 1.06 bits per heavy atom. The second-order valence-electron chi connectivity index (χ2n) is 3.05. The quantitative estimate of drug-likeness (QED) is 0.682. The van der Waals surface area contributed by atoms with Crippen molar-refractivity contribution in [3.63, 3.8) is 0 Å². The fourth-order valence-corrected chi connectivity index (χ4v) is 1.25. The molecule has 0 saturated heterocycles. The molecule has 4 nitrogen and oxygen atoms in total. The number of carbonyl (C=O) groups excluding carboxylic acids is 1. The number of halogens is 4. The van der Waals surface area contributed by atoms with Gasteiger partial charge < -0.3 is 0 Å². The van der Waals surface area contributed by atoms with E-state index in [2.05, 4.69) is 15.0 Å². The monoisotopic (exact) mass is 233 g/mol. The molecule has 0 radical (unpaired) electrons. The summed E-state index contributed by atoms with van der Waals surface area (Å²) in [6.07, 6.45) is 1.63. The first-order chi connectivity index (χ1) is 7.36. The molecule has 1 aromatic rings. The molecule has 0 atom stereocenters. The van der Waals surface area contributed by atoms with Gasteiger partial charge in [-0.3, -0.25) is 4.79 Å². The smallest absolute Gasteiger partial charge is 0.285 e. The van der Waals surface area contributed by atoms with Crippen LogP contribution in [0.1, 0.15) is 5.82 Å². The summed E-state index contributed by atoms with van der Waals surface area (Å²) in [6, 6.07) is 0. The SMILES string of the molecule is O=C1C(F)(F)C=C(c2ncncn2)C1(F)F. The Hall–Kier alpha value is -1.86. The summed E-state index contributed by atoms with van der Waals surface area (Å²) < 4.78 is 52.0. The lowest BCUT2D eigenvalue weighted by Gasteiger charge is -2.11. The van der Waals surface area contributed by atoms with Gasteiger partial charge in [-0.1, -0.05) is 0 Å². The standard InChI is InChI=1S/C8H3F4N3O/c9-7(10)1-4(8(11,12)6(7)16)5-14-2-13-3-15-5/h1-3H. The lowest BCUT2D eigenvalue weighted by atomic mass is 10.1. The van der Waals surface area contributed by atoms with E-state index in [0.717, 1.165) is 12.7 Å². The second-order valence-corrected chi connectivity index (χ2v) is 3.05. The van der Waals surface area contributed by atoms with Crippen molar-refractivity contribution in [1.29, 1.82) is 0 Å². The zero-order valence-electron chi connectivity index (χ0n) is 7.49. The van der Waals surface area contributed by atoms with Crippen LogP contribution in [0.25, 0.3) is 5.57 Å². The molecule has 84 valence electrons. The van der Waals surface area contributed by atoms with Crippen molar-refractivity contribution in [3.8, 4) is 0 Å². The summed E-state index contributed by atoms with van der Waals surface area (Å²) in [5.74, 6) is -11.6. The summed E-state index contributed by atoms with van der Waals surface area (Å²) in [6.45, 7) is 0.